The van der Waals surface area contributed by atoms with Crippen LogP contribution in [0.25, 0.3) is 0 Å². The summed E-state index contributed by atoms with van der Waals surface area (Å²) in [4.78, 5) is 24.8. The number of amides is 2. The highest BCUT2D eigenvalue weighted by molar-refractivity contribution is 5.77. The molecule has 2 rings (SSSR count). The fraction of sp³-hybridized carbons (Fsp3) is 0.846. The van der Waals surface area contributed by atoms with E-state index in [-0.39, 0.29) is 30.1 Å². The number of hydrogen-bond donors (Lipinski definition) is 2. The van der Waals surface area contributed by atoms with Gasteiger partial charge in [-0.1, -0.05) is 0 Å². The van der Waals surface area contributed by atoms with Crippen molar-refractivity contribution in [3.8, 4) is 0 Å². The number of carbonyl (C=O) groups is 2. The summed E-state index contributed by atoms with van der Waals surface area (Å²) in [5.41, 5.74) is -0.176. The summed E-state index contributed by atoms with van der Waals surface area (Å²) in [7, 11) is 0. The Balaban J connectivity index is 1.68. The van der Waals surface area contributed by atoms with Gasteiger partial charge in [0.15, 0.2) is 0 Å². The number of nitrogens with zero attached hydrogens (tertiary/aromatic N) is 1. The van der Waals surface area contributed by atoms with Crippen molar-refractivity contribution in [1.82, 2.24) is 15.5 Å². The van der Waals surface area contributed by atoms with Crippen LogP contribution in [0.4, 0.5) is 0 Å². The van der Waals surface area contributed by atoms with Crippen LogP contribution in [0.5, 0.6) is 0 Å². The first-order valence-corrected chi connectivity index (χ1v) is 6.88. The molecule has 0 spiro atoms. The molecule has 19 heavy (non-hydrogen) atoms. The van der Waals surface area contributed by atoms with Gasteiger partial charge in [-0.15, -0.1) is 0 Å². The van der Waals surface area contributed by atoms with Crippen molar-refractivity contribution in [1.29, 1.82) is 0 Å². The summed E-state index contributed by atoms with van der Waals surface area (Å²) in [6.07, 6.45) is 1.65. The molecule has 2 amide bonds. The molecule has 2 heterocycles. The lowest BCUT2D eigenvalue weighted by Gasteiger charge is -2.39. The van der Waals surface area contributed by atoms with Gasteiger partial charge in [0.05, 0.1) is 5.60 Å². The fourth-order valence-electron chi connectivity index (χ4n) is 2.47. The highest BCUT2D eigenvalue weighted by Crippen LogP contribution is 2.16. The summed E-state index contributed by atoms with van der Waals surface area (Å²) >= 11 is 0. The van der Waals surface area contributed by atoms with Crippen LogP contribution in [0.3, 0.4) is 0 Å². The highest BCUT2D eigenvalue weighted by atomic mass is 16.5. The summed E-state index contributed by atoms with van der Waals surface area (Å²) in [6.45, 7) is 6.71. The van der Waals surface area contributed by atoms with E-state index < -0.39 is 0 Å². The van der Waals surface area contributed by atoms with E-state index in [1.165, 1.54) is 6.92 Å². The smallest absolute Gasteiger partial charge is 0.248 e. The number of piperidine rings is 1. The topological polar surface area (TPSA) is 70.7 Å². The van der Waals surface area contributed by atoms with Crippen molar-refractivity contribution in [2.75, 3.05) is 32.8 Å². The van der Waals surface area contributed by atoms with Crippen LogP contribution in [-0.4, -0.2) is 61.1 Å². The molecule has 0 unspecified atom stereocenters. The Morgan fingerprint density at radius 1 is 1.37 bits per heavy atom. The minimum absolute atomic E-state index is 0.00137. The van der Waals surface area contributed by atoms with E-state index in [4.69, 9.17) is 4.74 Å². The van der Waals surface area contributed by atoms with E-state index in [1.54, 1.807) is 0 Å². The lowest BCUT2D eigenvalue weighted by Crippen LogP contribution is -2.60. The number of hydrogen-bond acceptors (Lipinski definition) is 4. The molecule has 0 saturated carbocycles. The van der Waals surface area contributed by atoms with Gasteiger partial charge in [-0.25, -0.2) is 0 Å². The zero-order chi connectivity index (χ0) is 13.9. The second-order valence-corrected chi connectivity index (χ2v) is 5.70. The Bertz CT molecular complexity index is 347. The summed E-state index contributed by atoms with van der Waals surface area (Å²) < 4.78 is 5.65. The van der Waals surface area contributed by atoms with Crippen LogP contribution in [0.2, 0.25) is 0 Å². The molecule has 2 N–H and O–H groups in total. The van der Waals surface area contributed by atoms with Crippen molar-refractivity contribution in [2.45, 2.75) is 38.3 Å². The minimum atomic E-state index is -0.176. The molecule has 0 bridgehead atoms. The first kappa shape index (κ1) is 14.3. The second-order valence-electron chi connectivity index (χ2n) is 5.70. The Kier molecular flexibility index (Phi) is 4.42. The van der Waals surface area contributed by atoms with Crippen LogP contribution < -0.4 is 10.6 Å². The normalized spacial score (nSPS) is 22.7. The lowest BCUT2D eigenvalue weighted by atomic mass is 10.0. The third-order valence-corrected chi connectivity index (χ3v) is 3.80. The van der Waals surface area contributed by atoms with Gasteiger partial charge >= 0.3 is 0 Å². The molecule has 2 fully saturated rings. The molecule has 2 aliphatic heterocycles. The van der Waals surface area contributed by atoms with Crippen molar-refractivity contribution in [3.05, 3.63) is 0 Å². The van der Waals surface area contributed by atoms with Gasteiger partial charge in [-0.05, 0) is 19.8 Å². The molecule has 0 aromatic rings. The predicted octanol–water partition coefficient (Wildman–Crippen LogP) is -0.508. The first-order chi connectivity index (χ1) is 8.98. The molecule has 6 heteroatoms. The average Bonchev–Trinajstić information content (AvgIpc) is 2.34. The van der Waals surface area contributed by atoms with Gasteiger partial charge in [-0.2, -0.15) is 0 Å². The first-order valence-electron chi connectivity index (χ1n) is 6.88. The Hall–Kier alpha value is -1.14. The van der Waals surface area contributed by atoms with Crippen LogP contribution in [0, 0.1) is 0 Å². The third kappa shape index (κ3) is 3.91. The maximum Gasteiger partial charge on any atom is 0.248 e. The third-order valence-electron chi connectivity index (χ3n) is 3.80. The number of rotatable bonds is 4. The van der Waals surface area contributed by atoms with Crippen molar-refractivity contribution < 1.29 is 14.3 Å². The zero-order valence-electron chi connectivity index (χ0n) is 11.7. The number of ether oxygens (including phenoxy) is 1. The summed E-state index contributed by atoms with van der Waals surface area (Å²) in [5.74, 6) is 0.0490. The van der Waals surface area contributed by atoms with Gasteiger partial charge in [0.1, 0.15) is 6.61 Å². The molecule has 0 atom stereocenters. The van der Waals surface area contributed by atoms with Gasteiger partial charge in [0.25, 0.3) is 0 Å². The van der Waals surface area contributed by atoms with E-state index in [2.05, 4.69) is 10.6 Å². The quantitative estimate of drug-likeness (QED) is 0.721. The lowest BCUT2D eigenvalue weighted by molar-refractivity contribution is -0.147. The largest absolute Gasteiger partial charge is 0.363 e. The Labute approximate surface area is 113 Å². The van der Waals surface area contributed by atoms with Crippen LogP contribution >= 0.6 is 0 Å². The van der Waals surface area contributed by atoms with E-state index in [0.717, 1.165) is 25.9 Å². The van der Waals surface area contributed by atoms with Crippen molar-refractivity contribution in [2.24, 2.45) is 0 Å². The molecule has 2 aliphatic rings. The summed E-state index contributed by atoms with van der Waals surface area (Å²) in [6, 6.07) is 0.204. The molecule has 0 aromatic carbocycles. The second kappa shape index (κ2) is 5.88. The van der Waals surface area contributed by atoms with Crippen molar-refractivity contribution in [3.63, 3.8) is 0 Å². The zero-order valence-corrected chi connectivity index (χ0v) is 11.7. The SMILES string of the molecule is CC(=O)NC1CCN(C(=O)COC2(C)CNC2)CC1. The van der Waals surface area contributed by atoms with E-state index in [0.29, 0.717) is 13.1 Å². The average molecular weight is 269 g/mol. The van der Waals surface area contributed by atoms with E-state index >= 15 is 0 Å². The van der Waals surface area contributed by atoms with Gasteiger partial charge in [0.2, 0.25) is 11.8 Å². The molecular formula is C13H23N3O3. The van der Waals surface area contributed by atoms with E-state index in [1.807, 2.05) is 11.8 Å². The van der Waals surface area contributed by atoms with Crippen LogP contribution in [0.1, 0.15) is 26.7 Å². The number of carbonyl (C=O) groups excluding carboxylic acids is 2. The molecule has 108 valence electrons. The highest BCUT2D eigenvalue weighted by Gasteiger charge is 2.34. The number of nitrogens with one attached hydrogen (secondary N) is 2. The molecule has 0 radical (unpaired) electrons. The van der Waals surface area contributed by atoms with Crippen LogP contribution in [-0.2, 0) is 14.3 Å². The maximum atomic E-state index is 12.0. The molecular weight excluding hydrogens is 246 g/mol. The van der Waals surface area contributed by atoms with Gasteiger partial charge in [-0.3, -0.25) is 9.59 Å². The monoisotopic (exact) mass is 269 g/mol. The van der Waals surface area contributed by atoms with Gasteiger partial charge < -0.3 is 20.3 Å². The van der Waals surface area contributed by atoms with Crippen LogP contribution in [0.15, 0.2) is 0 Å². The number of likely N-dealkylation sites (tertiary alicyclic amines) is 1. The molecule has 6 nitrogen and oxygen atoms in total. The molecule has 0 aromatic heterocycles. The Morgan fingerprint density at radius 3 is 2.47 bits per heavy atom. The maximum absolute atomic E-state index is 12.0. The predicted molar refractivity (Wildman–Crippen MR) is 70.6 cm³/mol. The van der Waals surface area contributed by atoms with E-state index in [9.17, 15) is 9.59 Å². The standard InChI is InChI=1S/C13H23N3O3/c1-10(17)15-11-3-5-16(6-4-11)12(18)7-19-13(2)8-14-9-13/h11,14H,3-9H2,1-2H3,(H,15,17). The Morgan fingerprint density at radius 2 is 2.00 bits per heavy atom. The summed E-state index contributed by atoms with van der Waals surface area (Å²) in [5, 5.41) is 6.04. The van der Waals surface area contributed by atoms with Gasteiger partial charge in [0, 0.05) is 39.1 Å². The minimum Gasteiger partial charge on any atom is -0.363 e. The van der Waals surface area contributed by atoms with Crippen molar-refractivity contribution >= 4 is 11.8 Å². The molecule has 2 saturated heterocycles. The fourth-order valence-corrected chi connectivity index (χ4v) is 2.47. The molecule has 0 aliphatic carbocycles.